The first-order valence-electron chi connectivity index (χ1n) is 6.46. The summed E-state index contributed by atoms with van der Waals surface area (Å²) in [5.41, 5.74) is 1.39. The summed E-state index contributed by atoms with van der Waals surface area (Å²) >= 11 is 3.28. The van der Waals surface area contributed by atoms with Crippen molar-refractivity contribution in [3.05, 3.63) is 39.8 Å². The predicted octanol–water partition coefficient (Wildman–Crippen LogP) is 3.25. The molecule has 0 radical (unpaired) electrons. The molecule has 0 atom stereocenters. The Balaban J connectivity index is 2.50. The van der Waals surface area contributed by atoms with E-state index in [0.717, 1.165) is 4.47 Å². The Morgan fingerprint density at radius 2 is 2.05 bits per heavy atom. The van der Waals surface area contributed by atoms with Crippen LogP contribution < -0.4 is 4.74 Å². The number of carboxylic acids is 1. The van der Waals surface area contributed by atoms with Gasteiger partial charge in [0.05, 0.1) is 11.9 Å². The lowest BCUT2D eigenvalue weighted by molar-refractivity contribution is 0.0691. The molecule has 0 saturated heterocycles. The van der Waals surface area contributed by atoms with Crippen LogP contribution in [0.4, 0.5) is 0 Å². The number of hydrogen-bond donors (Lipinski definition) is 1. The number of aromatic nitrogens is 3. The smallest absolute Gasteiger partial charge is 0.341 e. The molecule has 21 heavy (non-hydrogen) atoms. The molecule has 0 unspecified atom stereocenters. The van der Waals surface area contributed by atoms with Crippen LogP contribution in [0.5, 0.6) is 11.6 Å². The van der Waals surface area contributed by atoms with Crippen LogP contribution in [0, 0.1) is 0 Å². The van der Waals surface area contributed by atoms with Gasteiger partial charge < -0.3 is 9.84 Å². The molecule has 0 fully saturated rings. The van der Waals surface area contributed by atoms with Gasteiger partial charge >= 0.3 is 5.97 Å². The summed E-state index contributed by atoms with van der Waals surface area (Å²) in [6.07, 6.45) is 4.26. The van der Waals surface area contributed by atoms with Crippen LogP contribution in [0.1, 0.15) is 35.5 Å². The summed E-state index contributed by atoms with van der Waals surface area (Å²) in [5, 5.41) is 17.4. The minimum absolute atomic E-state index is 0.0172. The van der Waals surface area contributed by atoms with Crippen LogP contribution in [-0.4, -0.2) is 26.3 Å². The normalized spacial score (nSPS) is 10.4. The number of aryl methyl sites for hydroxylation is 1. The van der Waals surface area contributed by atoms with Crippen LogP contribution in [0.2, 0.25) is 0 Å². The van der Waals surface area contributed by atoms with Crippen LogP contribution in [0.15, 0.2) is 22.9 Å². The maximum absolute atomic E-state index is 11.6. The molecule has 0 aromatic carbocycles. The van der Waals surface area contributed by atoms with Crippen molar-refractivity contribution in [3.63, 3.8) is 0 Å². The molecule has 2 aromatic heterocycles. The number of pyridine rings is 1. The van der Waals surface area contributed by atoms with Gasteiger partial charge in [0.1, 0.15) is 11.3 Å². The monoisotopic (exact) mass is 351 g/mol. The van der Waals surface area contributed by atoms with Crippen molar-refractivity contribution in [2.45, 2.75) is 26.7 Å². The third kappa shape index (κ3) is 3.36. The maximum atomic E-state index is 11.6. The topological polar surface area (TPSA) is 85.2 Å². The first-order chi connectivity index (χ1) is 10.1. The quantitative estimate of drug-likeness (QED) is 0.889. The van der Waals surface area contributed by atoms with Gasteiger partial charge in [0.15, 0.2) is 0 Å². The zero-order valence-corrected chi connectivity index (χ0v) is 13.2. The largest absolute Gasteiger partial charge is 0.477 e. The molecule has 0 bridgehead atoms. The number of aromatic carboxylic acids is 1. The summed E-state index contributed by atoms with van der Waals surface area (Å²) in [6, 6.07) is 1.68. The zero-order chi connectivity index (χ0) is 15.4. The Morgan fingerprint density at radius 1 is 1.29 bits per heavy atom. The van der Waals surface area contributed by atoms with E-state index < -0.39 is 5.97 Å². The average Bonchev–Trinajstić information content (AvgIpc) is 2.46. The van der Waals surface area contributed by atoms with Crippen molar-refractivity contribution >= 4 is 21.9 Å². The number of carbonyl (C=O) groups is 1. The van der Waals surface area contributed by atoms with Gasteiger partial charge in [0, 0.05) is 10.7 Å². The van der Waals surface area contributed by atoms with Gasteiger partial charge in [-0.1, -0.05) is 13.8 Å². The van der Waals surface area contributed by atoms with Gasteiger partial charge in [-0.25, -0.2) is 4.79 Å². The predicted molar refractivity (Wildman–Crippen MR) is 79.8 cm³/mol. The molecule has 0 aliphatic heterocycles. The van der Waals surface area contributed by atoms with E-state index in [0.29, 0.717) is 29.8 Å². The highest BCUT2D eigenvalue weighted by Gasteiger charge is 2.22. The van der Waals surface area contributed by atoms with Crippen molar-refractivity contribution in [2.75, 3.05) is 0 Å². The summed E-state index contributed by atoms with van der Waals surface area (Å²) < 4.78 is 6.27. The van der Waals surface area contributed by atoms with Crippen LogP contribution >= 0.6 is 15.9 Å². The van der Waals surface area contributed by atoms with Crippen molar-refractivity contribution in [3.8, 4) is 11.6 Å². The molecule has 2 rings (SSSR count). The molecule has 110 valence electrons. The lowest BCUT2D eigenvalue weighted by Crippen LogP contribution is -2.11. The van der Waals surface area contributed by atoms with Gasteiger partial charge in [-0.3, -0.25) is 4.98 Å². The average molecular weight is 352 g/mol. The van der Waals surface area contributed by atoms with E-state index in [4.69, 9.17) is 4.74 Å². The molecular formula is C14H14BrN3O3. The van der Waals surface area contributed by atoms with Crippen LogP contribution in [0.25, 0.3) is 0 Å². The van der Waals surface area contributed by atoms with Gasteiger partial charge in [0.2, 0.25) is 0 Å². The number of hydrogen-bond acceptors (Lipinski definition) is 5. The zero-order valence-electron chi connectivity index (χ0n) is 11.6. The lowest BCUT2D eigenvalue weighted by Gasteiger charge is -2.12. The van der Waals surface area contributed by atoms with Crippen LogP contribution in [0.3, 0.4) is 0 Å². The van der Waals surface area contributed by atoms with E-state index >= 15 is 0 Å². The highest BCUT2D eigenvalue weighted by atomic mass is 79.9. The maximum Gasteiger partial charge on any atom is 0.341 e. The minimum Gasteiger partial charge on any atom is -0.477 e. The van der Waals surface area contributed by atoms with Gasteiger partial charge in [-0.15, -0.1) is 5.10 Å². The van der Waals surface area contributed by atoms with Crippen molar-refractivity contribution in [1.29, 1.82) is 0 Å². The summed E-state index contributed by atoms with van der Waals surface area (Å²) in [6.45, 7) is 3.79. The third-order valence-corrected chi connectivity index (χ3v) is 3.36. The highest BCUT2D eigenvalue weighted by molar-refractivity contribution is 9.10. The fraction of sp³-hybridized carbons (Fsp3) is 0.286. The van der Waals surface area contributed by atoms with Gasteiger partial charge in [0.25, 0.3) is 5.88 Å². The van der Waals surface area contributed by atoms with Crippen LogP contribution in [-0.2, 0) is 12.8 Å². The second-order valence-electron chi connectivity index (χ2n) is 4.26. The minimum atomic E-state index is -1.07. The molecule has 0 spiro atoms. The van der Waals surface area contributed by atoms with E-state index in [1.165, 1.54) is 6.20 Å². The Kier molecular flexibility index (Phi) is 4.85. The number of nitrogens with zero attached hydrogens (tertiary/aromatic N) is 3. The Morgan fingerprint density at radius 3 is 2.62 bits per heavy atom. The molecule has 0 aliphatic rings. The number of rotatable bonds is 5. The van der Waals surface area contributed by atoms with E-state index in [-0.39, 0.29) is 11.4 Å². The van der Waals surface area contributed by atoms with E-state index in [1.807, 2.05) is 13.8 Å². The second-order valence-corrected chi connectivity index (χ2v) is 5.17. The molecule has 7 heteroatoms. The molecule has 6 nitrogen and oxygen atoms in total. The Labute approximate surface area is 130 Å². The van der Waals surface area contributed by atoms with Gasteiger partial charge in [-0.05, 0) is 40.4 Å². The summed E-state index contributed by atoms with van der Waals surface area (Å²) in [5.74, 6) is -0.696. The van der Waals surface area contributed by atoms with E-state index in [9.17, 15) is 9.90 Å². The third-order valence-electron chi connectivity index (χ3n) is 2.92. The van der Waals surface area contributed by atoms with Crippen molar-refractivity contribution in [2.24, 2.45) is 0 Å². The molecule has 0 saturated carbocycles. The highest BCUT2D eigenvalue weighted by Crippen LogP contribution is 2.28. The number of carboxylic acid groups (broad SMARTS) is 1. The lowest BCUT2D eigenvalue weighted by atomic mass is 10.0. The molecule has 0 amide bonds. The summed E-state index contributed by atoms with van der Waals surface area (Å²) in [4.78, 5) is 15.5. The molecule has 1 N–H and O–H groups in total. The first-order valence-corrected chi connectivity index (χ1v) is 7.26. The van der Waals surface area contributed by atoms with E-state index in [1.54, 1.807) is 12.3 Å². The molecular weight excluding hydrogens is 338 g/mol. The summed E-state index contributed by atoms with van der Waals surface area (Å²) in [7, 11) is 0. The first kappa shape index (κ1) is 15.4. The Hall–Kier alpha value is -2.02. The standard InChI is InChI=1S/C14H14BrN3O3/c1-3-10-11(4-2)17-18-13(12(10)14(19)20)21-9-5-8(15)6-16-7-9/h5-7H,3-4H2,1-2H3,(H,19,20). The fourth-order valence-electron chi connectivity index (χ4n) is 2.01. The molecule has 2 heterocycles. The fourth-order valence-corrected chi connectivity index (χ4v) is 2.35. The second kappa shape index (κ2) is 6.62. The number of halogens is 1. The molecule has 2 aromatic rings. The Bertz CT molecular complexity index is 677. The van der Waals surface area contributed by atoms with Crippen molar-refractivity contribution < 1.29 is 14.6 Å². The number of ether oxygens (including phenoxy) is 1. The molecule has 0 aliphatic carbocycles. The van der Waals surface area contributed by atoms with E-state index in [2.05, 4.69) is 31.1 Å². The SMILES string of the molecule is CCc1nnc(Oc2cncc(Br)c2)c(C(=O)O)c1CC. The van der Waals surface area contributed by atoms with Crippen molar-refractivity contribution in [1.82, 2.24) is 15.2 Å². The van der Waals surface area contributed by atoms with Gasteiger partial charge in [-0.2, -0.15) is 5.10 Å².